The van der Waals surface area contributed by atoms with Crippen LogP contribution < -0.4 is 0 Å². The predicted molar refractivity (Wildman–Crippen MR) is 71.4 cm³/mol. The van der Waals surface area contributed by atoms with Crippen molar-refractivity contribution >= 4 is 10.4 Å². The Labute approximate surface area is 129 Å². The SMILES string of the molecule is CCCCCCC1(O)OS(=O)(=O)OC12OC(COCCO)O2. The zero-order valence-corrected chi connectivity index (χ0v) is 13.2. The zero-order valence-electron chi connectivity index (χ0n) is 12.4. The molecule has 0 amide bonds. The Hall–Kier alpha value is -0.330. The lowest BCUT2D eigenvalue weighted by atomic mass is 10.0. The van der Waals surface area contributed by atoms with Crippen molar-refractivity contribution in [3.63, 3.8) is 0 Å². The summed E-state index contributed by atoms with van der Waals surface area (Å²) in [7, 11) is -4.39. The summed E-state index contributed by atoms with van der Waals surface area (Å²) in [6.07, 6.45) is 2.39. The quantitative estimate of drug-likeness (QED) is 0.556. The summed E-state index contributed by atoms with van der Waals surface area (Å²) in [4.78, 5) is 0. The molecule has 0 aliphatic carbocycles. The van der Waals surface area contributed by atoms with Crippen LogP contribution in [0.2, 0.25) is 0 Å². The molecule has 9 nitrogen and oxygen atoms in total. The third-order valence-electron chi connectivity index (χ3n) is 3.36. The van der Waals surface area contributed by atoms with E-state index in [-0.39, 0.29) is 26.2 Å². The first-order chi connectivity index (χ1) is 10.4. The molecule has 2 aliphatic rings. The summed E-state index contributed by atoms with van der Waals surface area (Å²) < 4.78 is 47.7. The van der Waals surface area contributed by atoms with E-state index in [4.69, 9.17) is 19.3 Å². The van der Waals surface area contributed by atoms with Crippen LogP contribution in [0.3, 0.4) is 0 Å². The van der Waals surface area contributed by atoms with Crippen molar-refractivity contribution in [3.05, 3.63) is 0 Å². The van der Waals surface area contributed by atoms with E-state index in [9.17, 15) is 13.5 Å². The average molecular weight is 342 g/mol. The molecule has 2 fully saturated rings. The summed E-state index contributed by atoms with van der Waals surface area (Å²) in [5.41, 5.74) is 0. The van der Waals surface area contributed by atoms with E-state index in [2.05, 4.69) is 8.37 Å². The predicted octanol–water partition coefficient (Wildman–Crippen LogP) is -0.0274. The lowest BCUT2D eigenvalue weighted by Gasteiger charge is -2.46. The molecule has 2 aliphatic heterocycles. The average Bonchev–Trinajstić information content (AvgIpc) is 2.61. The highest BCUT2D eigenvalue weighted by Crippen LogP contribution is 2.49. The Bertz CT molecular complexity index is 459. The van der Waals surface area contributed by atoms with E-state index in [0.29, 0.717) is 6.42 Å². The topological polar surface area (TPSA) is 121 Å². The summed E-state index contributed by atoms with van der Waals surface area (Å²) in [5, 5.41) is 19.0. The molecule has 0 aromatic rings. The number of rotatable bonds is 9. The highest BCUT2D eigenvalue weighted by molar-refractivity contribution is 7.82. The van der Waals surface area contributed by atoms with Crippen LogP contribution in [0.5, 0.6) is 0 Å². The van der Waals surface area contributed by atoms with E-state index in [1.807, 2.05) is 6.92 Å². The molecule has 1 unspecified atom stereocenters. The number of unbranched alkanes of at least 4 members (excludes halogenated alkanes) is 3. The van der Waals surface area contributed by atoms with Gasteiger partial charge in [-0.05, 0) is 6.42 Å². The van der Waals surface area contributed by atoms with E-state index in [0.717, 1.165) is 19.3 Å². The summed E-state index contributed by atoms with van der Waals surface area (Å²) in [5.74, 6) is -4.39. The largest absolute Gasteiger partial charge is 0.407 e. The van der Waals surface area contributed by atoms with Crippen LogP contribution in [0.1, 0.15) is 39.0 Å². The van der Waals surface area contributed by atoms with Crippen molar-refractivity contribution in [1.29, 1.82) is 0 Å². The summed E-state index contributed by atoms with van der Waals surface area (Å²) in [6.45, 7) is 1.93. The minimum atomic E-state index is -4.39. The second kappa shape index (κ2) is 7.05. The minimum absolute atomic E-state index is 0.00352. The van der Waals surface area contributed by atoms with Crippen molar-refractivity contribution in [2.45, 2.75) is 57.1 Å². The van der Waals surface area contributed by atoms with Gasteiger partial charge in [0, 0.05) is 6.42 Å². The lowest BCUT2D eigenvalue weighted by Crippen LogP contribution is -2.67. The molecule has 0 saturated carbocycles. The third kappa shape index (κ3) is 3.77. The van der Waals surface area contributed by atoms with E-state index in [1.165, 1.54) is 0 Å². The zero-order chi connectivity index (χ0) is 16.3. The van der Waals surface area contributed by atoms with Crippen LogP contribution in [0.4, 0.5) is 0 Å². The Balaban J connectivity index is 1.93. The molecule has 2 N–H and O–H groups in total. The molecule has 0 radical (unpaired) electrons. The second-order valence-corrected chi connectivity index (χ2v) is 6.34. The van der Waals surface area contributed by atoms with E-state index < -0.39 is 28.4 Å². The van der Waals surface area contributed by atoms with Crippen molar-refractivity contribution < 1.29 is 41.2 Å². The van der Waals surface area contributed by atoms with Gasteiger partial charge in [0.1, 0.15) is 0 Å². The number of hydrogen-bond donors (Lipinski definition) is 2. The summed E-state index contributed by atoms with van der Waals surface area (Å²) in [6, 6.07) is 0. The van der Waals surface area contributed by atoms with Crippen LogP contribution in [-0.2, 0) is 33.0 Å². The van der Waals surface area contributed by atoms with Crippen molar-refractivity contribution in [3.8, 4) is 0 Å². The highest BCUT2D eigenvalue weighted by atomic mass is 32.3. The van der Waals surface area contributed by atoms with Gasteiger partial charge < -0.3 is 14.9 Å². The lowest BCUT2D eigenvalue weighted by molar-refractivity contribution is -0.569. The molecule has 0 aromatic carbocycles. The maximum absolute atomic E-state index is 11.5. The fraction of sp³-hybridized carbons (Fsp3) is 1.00. The number of aliphatic hydroxyl groups excluding tert-OH is 1. The number of aliphatic hydroxyl groups is 2. The fourth-order valence-corrected chi connectivity index (χ4v) is 3.35. The smallest absolute Gasteiger partial charge is 0.394 e. The first-order valence-electron chi connectivity index (χ1n) is 7.29. The van der Waals surface area contributed by atoms with Crippen LogP contribution in [0.15, 0.2) is 0 Å². The first kappa shape index (κ1) is 18.0. The molecule has 2 rings (SSSR count). The number of hydrogen-bond acceptors (Lipinski definition) is 9. The Morgan fingerprint density at radius 1 is 1.18 bits per heavy atom. The molecule has 1 spiro atoms. The minimum Gasteiger partial charge on any atom is -0.394 e. The van der Waals surface area contributed by atoms with E-state index >= 15 is 0 Å². The normalized spacial score (nSPS) is 36.6. The van der Waals surface area contributed by atoms with Crippen LogP contribution in [-0.4, -0.2) is 56.5 Å². The highest BCUT2D eigenvalue weighted by Gasteiger charge is 2.73. The molecule has 10 heteroatoms. The van der Waals surface area contributed by atoms with Gasteiger partial charge in [-0.3, -0.25) is 9.47 Å². The second-order valence-electron chi connectivity index (χ2n) is 5.19. The molecule has 22 heavy (non-hydrogen) atoms. The van der Waals surface area contributed by atoms with Gasteiger partial charge >= 0.3 is 16.4 Å². The van der Waals surface area contributed by atoms with Crippen LogP contribution in [0.25, 0.3) is 0 Å². The first-order valence-corrected chi connectivity index (χ1v) is 8.62. The number of ether oxygens (including phenoxy) is 3. The molecule has 0 bridgehead atoms. The van der Waals surface area contributed by atoms with Gasteiger partial charge in [-0.15, -0.1) is 0 Å². The van der Waals surface area contributed by atoms with Crippen molar-refractivity contribution in [2.75, 3.05) is 19.8 Å². The standard InChI is InChI=1S/C12H22O9S/c1-2-3-4-5-6-11(14)12(21-22(15,16)20-11)18-10(19-12)9-17-8-7-13/h10,13-14H,2-9H2,1H3. The van der Waals surface area contributed by atoms with Crippen LogP contribution in [0, 0.1) is 0 Å². The van der Waals surface area contributed by atoms with Gasteiger partial charge in [0.15, 0.2) is 6.29 Å². The molecular weight excluding hydrogens is 320 g/mol. The van der Waals surface area contributed by atoms with Gasteiger partial charge in [0.25, 0.3) is 5.79 Å². The monoisotopic (exact) mass is 342 g/mol. The van der Waals surface area contributed by atoms with Crippen molar-refractivity contribution in [2.24, 2.45) is 0 Å². The van der Waals surface area contributed by atoms with Gasteiger partial charge in [0.2, 0.25) is 0 Å². The molecule has 2 saturated heterocycles. The molecule has 1 atom stereocenters. The Morgan fingerprint density at radius 3 is 2.55 bits per heavy atom. The Morgan fingerprint density at radius 2 is 1.91 bits per heavy atom. The fourth-order valence-electron chi connectivity index (χ4n) is 2.31. The maximum atomic E-state index is 11.5. The molecular formula is C12H22O9S. The maximum Gasteiger partial charge on any atom is 0.407 e. The van der Waals surface area contributed by atoms with Gasteiger partial charge in [-0.2, -0.15) is 12.6 Å². The third-order valence-corrected chi connectivity index (χ3v) is 4.27. The van der Waals surface area contributed by atoms with Gasteiger partial charge in [0.05, 0.1) is 19.8 Å². The van der Waals surface area contributed by atoms with Crippen LogP contribution >= 0.6 is 0 Å². The summed E-state index contributed by atoms with van der Waals surface area (Å²) >= 11 is 0. The van der Waals surface area contributed by atoms with E-state index in [1.54, 1.807) is 0 Å². The molecule has 130 valence electrons. The van der Waals surface area contributed by atoms with Gasteiger partial charge in [-0.25, -0.2) is 4.18 Å². The van der Waals surface area contributed by atoms with Gasteiger partial charge in [-0.1, -0.05) is 26.2 Å². The molecule has 2 heterocycles. The van der Waals surface area contributed by atoms with Crippen molar-refractivity contribution in [1.82, 2.24) is 0 Å². The Kier molecular flexibility index (Phi) is 5.78. The molecule has 0 aromatic heterocycles.